The zero-order valence-electron chi connectivity index (χ0n) is 18.1. The summed E-state index contributed by atoms with van der Waals surface area (Å²) in [6.07, 6.45) is 6.78. The van der Waals surface area contributed by atoms with Crippen molar-refractivity contribution in [2.24, 2.45) is 5.92 Å². The minimum Gasteiger partial charge on any atom is -0.451 e. The molecule has 164 valence electrons. The van der Waals surface area contributed by atoms with Crippen LogP contribution in [0.1, 0.15) is 52.9 Å². The van der Waals surface area contributed by atoms with Crippen LogP contribution in [0.3, 0.4) is 0 Å². The topological polar surface area (TPSA) is 96.5 Å². The molecular formula is C23H33N3O4. The standard InChI is InChI=1S/C23H33N3O4/c1-16(2)20(26-23(29)25-19-12-8-5-9-13-19)22(28)30-17(3)21(27)24-15-14-18-10-6-4-7-11-18/h5,8-10,12-13,16-17,20H,4,6-7,11,14-15H2,1-3H3,(H,24,27)(H2,25,26,29)/t17-,20+/m1/s1. The van der Waals surface area contributed by atoms with Crippen LogP contribution >= 0.6 is 0 Å². The van der Waals surface area contributed by atoms with Crippen LogP contribution in [0.15, 0.2) is 42.0 Å². The number of para-hydroxylation sites is 1. The Hall–Kier alpha value is -2.83. The molecule has 1 aromatic carbocycles. The highest BCUT2D eigenvalue weighted by Gasteiger charge is 2.29. The van der Waals surface area contributed by atoms with Gasteiger partial charge in [0.1, 0.15) is 6.04 Å². The van der Waals surface area contributed by atoms with Crippen LogP contribution < -0.4 is 16.0 Å². The van der Waals surface area contributed by atoms with E-state index in [2.05, 4.69) is 22.0 Å². The normalized spacial score (nSPS) is 15.5. The molecule has 2 atom stereocenters. The van der Waals surface area contributed by atoms with Crippen molar-refractivity contribution in [3.05, 3.63) is 42.0 Å². The molecular weight excluding hydrogens is 382 g/mol. The number of hydrogen-bond acceptors (Lipinski definition) is 4. The van der Waals surface area contributed by atoms with Gasteiger partial charge in [0.25, 0.3) is 5.91 Å². The van der Waals surface area contributed by atoms with E-state index in [0.29, 0.717) is 12.2 Å². The second kappa shape index (κ2) is 12.0. The Balaban J connectivity index is 1.80. The zero-order chi connectivity index (χ0) is 21.9. The lowest BCUT2D eigenvalue weighted by atomic mass is 9.97. The van der Waals surface area contributed by atoms with E-state index in [1.165, 1.54) is 25.3 Å². The average Bonchev–Trinajstić information content (AvgIpc) is 2.73. The number of ether oxygens (including phenoxy) is 1. The number of rotatable bonds is 9. The number of amides is 3. The van der Waals surface area contributed by atoms with Gasteiger partial charge in [-0.05, 0) is 57.1 Å². The summed E-state index contributed by atoms with van der Waals surface area (Å²) < 4.78 is 5.32. The molecule has 3 N–H and O–H groups in total. The van der Waals surface area contributed by atoms with Crippen LogP contribution in [-0.2, 0) is 14.3 Å². The largest absolute Gasteiger partial charge is 0.451 e. The lowest BCUT2D eigenvalue weighted by Gasteiger charge is -2.23. The first kappa shape index (κ1) is 23.4. The van der Waals surface area contributed by atoms with E-state index in [0.717, 1.165) is 19.3 Å². The Morgan fingerprint density at radius 2 is 1.80 bits per heavy atom. The summed E-state index contributed by atoms with van der Waals surface area (Å²) in [6.45, 7) is 5.67. The maximum atomic E-state index is 12.6. The highest BCUT2D eigenvalue weighted by Crippen LogP contribution is 2.19. The third kappa shape index (κ3) is 7.89. The SMILES string of the molecule is CC(C)[C@H](NC(=O)Nc1ccccc1)C(=O)O[C@H](C)C(=O)NCCC1=CCCCC1. The number of hydrogen-bond donors (Lipinski definition) is 3. The van der Waals surface area contributed by atoms with Gasteiger partial charge in [-0.25, -0.2) is 9.59 Å². The van der Waals surface area contributed by atoms with Gasteiger partial charge in [0.05, 0.1) is 0 Å². The van der Waals surface area contributed by atoms with Gasteiger partial charge in [-0.15, -0.1) is 0 Å². The van der Waals surface area contributed by atoms with E-state index in [-0.39, 0.29) is 11.8 Å². The maximum absolute atomic E-state index is 12.6. The Labute approximate surface area is 178 Å². The van der Waals surface area contributed by atoms with Crippen LogP contribution in [0.2, 0.25) is 0 Å². The Kier molecular flexibility index (Phi) is 9.38. The van der Waals surface area contributed by atoms with Gasteiger partial charge in [0.2, 0.25) is 0 Å². The summed E-state index contributed by atoms with van der Waals surface area (Å²) >= 11 is 0. The molecule has 0 aromatic heterocycles. The van der Waals surface area contributed by atoms with Crippen molar-refractivity contribution in [3.8, 4) is 0 Å². The van der Waals surface area contributed by atoms with Crippen molar-refractivity contribution in [3.63, 3.8) is 0 Å². The van der Waals surface area contributed by atoms with Crippen molar-refractivity contribution in [2.75, 3.05) is 11.9 Å². The Morgan fingerprint density at radius 3 is 2.43 bits per heavy atom. The average molecular weight is 416 g/mol. The van der Waals surface area contributed by atoms with Gasteiger partial charge in [-0.1, -0.05) is 43.7 Å². The summed E-state index contributed by atoms with van der Waals surface area (Å²) in [5.74, 6) is -1.17. The summed E-state index contributed by atoms with van der Waals surface area (Å²) in [6, 6.07) is 7.57. The fourth-order valence-corrected chi connectivity index (χ4v) is 3.25. The molecule has 0 fully saturated rings. The van der Waals surface area contributed by atoms with E-state index >= 15 is 0 Å². The number of esters is 1. The fraction of sp³-hybridized carbons (Fsp3) is 0.522. The predicted molar refractivity (Wildman–Crippen MR) is 117 cm³/mol. The van der Waals surface area contributed by atoms with Crippen LogP contribution in [0.25, 0.3) is 0 Å². The summed E-state index contributed by atoms with van der Waals surface area (Å²) in [4.78, 5) is 37.1. The monoisotopic (exact) mass is 415 g/mol. The minimum absolute atomic E-state index is 0.201. The lowest BCUT2D eigenvalue weighted by Crippen LogP contribution is -2.49. The molecule has 0 saturated carbocycles. The predicted octanol–water partition coefficient (Wildman–Crippen LogP) is 3.77. The van der Waals surface area contributed by atoms with Gasteiger partial charge in [-0.3, -0.25) is 4.79 Å². The van der Waals surface area contributed by atoms with E-state index in [4.69, 9.17) is 4.74 Å². The molecule has 0 bridgehead atoms. The molecule has 1 aliphatic carbocycles. The Bertz CT molecular complexity index is 746. The Morgan fingerprint density at radius 1 is 1.07 bits per heavy atom. The third-order valence-corrected chi connectivity index (χ3v) is 5.03. The van der Waals surface area contributed by atoms with Gasteiger partial charge in [-0.2, -0.15) is 0 Å². The summed E-state index contributed by atoms with van der Waals surface area (Å²) in [7, 11) is 0. The van der Waals surface area contributed by atoms with E-state index in [1.807, 2.05) is 6.07 Å². The quantitative estimate of drug-likeness (QED) is 0.422. The molecule has 0 aliphatic heterocycles. The second-order valence-corrected chi connectivity index (χ2v) is 7.91. The van der Waals surface area contributed by atoms with Crippen LogP contribution in [0, 0.1) is 5.92 Å². The second-order valence-electron chi connectivity index (χ2n) is 7.91. The van der Waals surface area contributed by atoms with Crippen LogP contribution in [0.4, 0.5) is 10.5 Å². The van der Waals surface area contributed by atoms with Crippen molar-refractivity contribution < 1.29 is 19.1 Å². The van der Waals surface area contributed by atoms with Gasteiger partial charge < -0.3 is 20.7 Å². The minimum atomic E-state index is -0.932. The summed E-state index contributed by atoms with van der Waals surface area (Å²) in [5, 5.41) is 8.13. The van der Waals surface area contributed by atoms with Gasteiger partial charge in [0, 0.05) is 12.2 Å². The molecule has 0 radical (unpaired) electrons. The van der Waals surface area contributed by atoms with Crippen molar-refractivity contribution in [1.82, 2.24) is 10.6 Å². The number of urea groups is 1. The van der Waals surface area contributed by atoms with E-state index < -0.39 is 24.1 Å². The number of carbonyl (C=O) groups excluding carboxylic acids is 3. The van der Waals surface area contributed by atoms with E-state index in [1.54, 1.807) is 38.1 Å². The number of carbonyl (C=O) groups is 3. The molecule has 0 saturated heterocycles. The molecule has 30 heavy (non-hydrogen) atoms. The van der Waals surface area contributed by atoms with Crippen molar-refractivity contribution >= 4 is 23.6 Å². The molecule has 7 nitrogen and oxygen atoms in total. The smallest absolute Gasteiger partial charge is 0.329 e. The molecule has 0 unspecified atom stereocenters. The molecule has 0 spiro atoms. The fourth-order valence-electron chi connectivity index (χ4n) is 3.25. The number of nitrogens with one attached hydrogen (secondary N) is 3. The molecule has 2 rings (SSSR count). The summed E-state index contributed by atoms with van der Waals surface area (Å²) in [5.41, 5.74) is 1.99. The van der Waals surface area contributed by atoms with Crippen molar-refractivity contribution in [2.45, 2.75) is 65.0 Å². The molecule has 7 heteroatoms. The first-order valence-corrected chi connectivity index (χ1v) is 10.7. The molecule has 1 aromatic rings. The first-order chi connectivity index (χ1) is 14.4. The number of anilines is 1. The number of benzene rings is 1. The number of allylic oxidation sites excluding steroid dienone is 1. The first-order valence-electron chi connectivity index (χ1n) is 10.7. The van der Waals surface area contributed by atoms with Crippen molar-refractivity contribution in [1.29, 1.82) is 0 Å². The van der Waals surface area contributed by atoms with Crippen LogP contribution in [0.5, 0.6) is 0 Å². The highest BCUT2D eigenvalue weighted by molar-refractivity contribution is 5.93. The van der Waals surface area contributed by atoms with Crippen LogP contribution in [-0.4, -0.2) is 36.6 Å². The molecule has 1 aliphatic rings. The van der Waals surface area contributed by atoms with Gasteiger partial charge in [0.15, 0.2) is 6.10 Å². The highest BCUT2D eigenvalue weighted by atomic mass is 16.5. The molecule has 0 heterocycles. The zero-order valence-corrected chi connectivity index (χ0v) is 18.1. The lowest BCUT2D eigenvalue weighted by molar-refractivity contribution is -0.157. The maximum Gasteiger partial charge on any atom is 0.329 e. The van der Waals surface area contributed by atoms with E-state index in [9.17, 15) is 14.4 Å². The third-order valence-electron chi connectivity index (χ3n) is 5.03. The van der Waals surface area contributed by atoms with Gasteiger partial charge >= 0.3 is 12.0 Å². The molecule has 3 amide bonds.